The number of carbonyl (C=O) groups is 1. The van der Waals surface area contributed by atoms with Crippen LogP contribution in [0.4, 0.5) is 0 Å². The lowest BCUT2D eigenvalue weighted by atomic mass is 10.0. The normalized spacial score (nSPS) is 11.3. The standard InChI is InChI=1S/C24H26ClN3O2/c1-16(2)19-9-11-21(12-10-19)28-17(3)13-20(18(28)4)14-26-27-24(29)15-30-23-8-6-5-7-22(23)25/h5-14,16H,15H2,1-4H3,(H,27,29)/b26-14-. The van der Waals surface area contributed by atoms with Crippen LogP contribution in [0.5, 0.6) is 5.75 Å². The van der Waals surface area contributed by atoms with E-state index in [0.29, 0.717) is 16.7 Å². The number of rotatable bonds is 7. The van der Waals surface area contributed by atoms with Crippen molar-refractivity contribution in [3.63, 3.8) is 0 Å². The number of hydrazone groups is 1. The van der Waals surface area contributed by atoms with Gasteiger partial charge in [-0.2, -0.15) is 5.10 Å². The van der Waals surface area contributed by atoms with E-state index in [1.807, 2.05) is 13.0 Å². The largest absolute Gasteiger partial charge is 0.482 e. The van der Waals surface area contributed by atoms with Crippen LogP contribution in [0.25, 0.3) is 5.69 Å². The van der Waals surface area contributed by atoms with Crippen molar-refractivity contribution in [1.82, 2.24) is 9.99 Å². The summed E-state index contributed by atoms with van der Waals surface area (Å²) in [5.41, 5.74) is 7.99. The molecule has 1 amide bonds. The van der Waals surface area contributed by atoms with E-state index in [9.17, 15) is 4.79 Å². The van der Waals surface area contributed by atoms with Gasteiger partial charge in [0.1, 0.15) is 5.75 Å². The highest BCUT2D eigenvalue weighted by atomic mass is 35.5. The van der Waals surface area contributed by atoms with Crippen LogP contribution in [-0.2, 0) is 4.79 Å². The minimum absolute atomic E-state index is 0.164. The number of nitrogens with one attached hydrogen (secondary N) is 1. The predicted molar refractivity (Wildman–Crippen MR) is 122 cm³/mol. The Kier molecular flexibility index (Phi) is 6.95. The van der Waals surface area contributed by atoms with Crippen molar-refractivity contribution in [2.45, 2.75) is 33.6 Å². The van der Waals surface area contributed by atoms with E-state index >= 15 is 0 Å². The second-order valence-corrected chi connectivity index (χ2v) is 7.83. The predicted octanol–water partition coefficient (Wildman–Crippen LogP) is 5.40. The molecule has 1 aromatic heterocycles. The maximum atomic E-state index is 12.0. The van der Waals surface area contributed by atoms with Crippen molar-refractivity contribution in [3.8, 4) is 11.4 Å². The zero-order chi connectivity index (χ0) is 21.7. The van der Waals surface area contributed by atoms with Gasteiger partial charge in [0.15, 0.2) is 6.61 Å². The molecule has 0 radical (unpaired) electrons. The molecule has 0 saturated carbocycles. The molecular weight excluding hydrogens is 398 g/mol. The van der Waals surface area contributed by atoms with Gasteiger partial charge in [0.05, 0.1) is 11.2 Å². The van der Waals surface area contributed by atoms with Crippen LogP contribution in [0.2, 0.25) is 5.02 Å². The molecule has 156 valence electrons. The number of hydrogen-bond donors (Lipinski definition) is 1. The van der Waals surface area contributed by atoms with Crippen molar-refractivity contribution < 1.29 is 9.53 Å². The van der Waals surface area contributed by atoms with E-state index in [1.54, 1.807) is 30.5 Å². The summed E-state index contributed by atoms with van der Waals surface area (Å²) in [4.78, 5) is 12.0. The average Bonchev–Trinajstić information content (AvgIpc) is 3.00. The number of ether oxygens (including phenoxy) is 1. The minimum Gasteiger partial charge on any atom is -0.482 e. The molecule has 1 heterocycles. The number of aryl methyl sites for hydroxylation is 1. The summed E-state index contributed by atoms with van der Waals surface area (Å²) in [5, 5.41) is 4.53. The minimum atomic E-state index is -0.357. The zero-order valence-corrected chi connectivity index (χ0v) is 18.4. The molecular formula is C24H26ClN3O2. The van der Waals surface area contributed by atoms with Crippen LogP contribution in [0.1, 0.15) is 42.3 Å². The second-order valence-electron chi connectivity index (χ2n) is 7.42. The fourth-order valence-corrected chi connectivity index (χ4v) is 3.43. The second kappa shape index (κ2) is 9.63. The van der Waals surface area contributed by atoms with E-state index in [2.05, 4.69) is 60.1 Å². The van der Waals surface area contributed by atoms with Gasteiger partial charge in [0.2, 0.25) is 0 Å². The first-order chi connectivity index (χ1) is 14.4. The first kappa shape index (κ1) is 21.7. The lowest BCUT2D eigenvalue weighted by Gasteiger charge is -2.12. The summed E-state index contributed by atoms with van der Waals surface area (Å²) in [5.74, 6) is 0.605. The van der Waals surface area contributed by atoms with Crippen LogP contribution in [0.3, 0.4) is 0 Å². The van der Waals surface area contributed by atoms with Gasteiger partial charge in [-0.1, -0.05) is 49.7 Å². The molecule has 0 saturated heterocycles. The molecule has 3 rings (SSSR count). The van der Waals surface area contributed by atoms with E-state index < -0.39 is 0 Å². The molecule has 0 unspecified atom stereocenters. The molecule has 0 aliphatic carbocycles. The zero-order valence-electron chi connectivity index (χ0n) is 17.6. The third-order valence-electron chi connectivity index (χ3n) is 4.88. The lowest BCUT2D eigenvalue weighted by Crippen LogP contribution is -2.24. The highest BCUT2D eigenvalue weighted by molar-refractivity contribution is 6.32. The fourth-order valence-electron chi connectivity index (χ4n) is 3.24. The summed E-state index contributed by atoms with van der Waals surface area (Å²) in [6, 6.07) is 17.6. The summed E-state index contributed by atoms with van der Waals surface area (Å²) in [7, 11) is 0. The number of aromatic nitrogens is 1. The van der Waals surface area contributed by atoms with Crippen molar-refractivity contribution >= 4 is 23.7 Å². The average molecular weight is 424 g/mol. The van der Waals surface area contributed by atoms with Crippen molar-refractivity contribution in [2.24, 2.45) is 5.10 Å². The van der Waals surface area contributed by atoms with Gasteiger partial charge >= 0.3 is 0 Å². The third-order valence-corrected chi connectivity index (χ3v) is 5.19. The van der Waals surface area contributed by atoms with Gasteiger partial charge in [-0.15, -0.1) is 0 Å². The smallest absolute Gasteiger partial charge is 0.277 e. The number of carbonyl (C=O) groups excluding carboxylic acids is 1. The Morgan fingerprint density at radius 1 is 1.17 bits per heavy atom. The molecule has 0 atom stereocenters. The Hall–Kier alpha value is -3.05. The quantitative estimate of drug-likeness (QED) is 0.408. The highest BCUT2D eigenvalue weighted by Gasteiger charge is 2.10. The number of para-hydroxylation sites is 1. The molecule has 2 aromatic carbocycles. The number of benzene rings is 2. The van der Waals surface area contributed by atoms with Gasteiger partial charge in [-0.3, -0.25) is 4.79 Å². The lowest BCUT2D eigenvalue weighted by molar-refractivity contribution is -0.123. The van der Waals surface area contributed by atoms with Crippen LogP contribution < -0.4 is 10.2 Å². The Labute approximate surface area is 182 Å². The Bertz CT molecular complexity index is 1050. The highest BCUT2D eigenvalue weighted by Crippen LogP contribution is 2.23. The Morgan fingerprint density at radius 3 is 2.53 bits per heavy atom. The molecule has 0 aliphatic rings. The van der Waals surface area contributed by atoms with Crippen LogP contribution in [0, 0.1) is 13.8 Å². The molecule has 3 aromatic rings. The number of nitrogens with zero attached hydrogens (tertiary/aromatic N) is 2. The van der Waals surface area contributed by atoms with Gasteiger partial charge in [-0.25, -0.2) is 5.43 Å². The SMILES string of the molecule is Cc1cc(/C=N\NC(=O)COc2ccccc2Cl)c(C)n1-c1ccc(C(C)C)cc1. The van der Waals surface area contributed by atoms with Gasteiger partial charge in [0.25, 0.3) is 5.91 Å². The molecule has 0 spiro atoms. The number of amides is 1. The maximum absolute atomic E-state index is 12.0. The monoisotopic (exact) mass is 423 g/mol. The third kappa shape index (κ3) is 5.10. The maximum Gasteiger partial charge on any atom is 0.277 e. The molecule has 0 fully saturated rings. The number of hydrogen-bond acceptors (Lipinski definition) is 3. The first-order valence-electron chi connectivity index (χ1n) is 9.85. The Balaban J connectivity index is 1.64. The summed E-state index contributed by atoms with van der Waals surface area (Å²) in [6.07, 6.45) is 1.65. The molecule has 1 N–H and O–H groups in total. The molecule has 6 heteroatoms. The molecule has 30 heavy (non-hydrogen) atoms. The topological polar surface area (TPSA) is 55.6 Å². The molecule has 5 nitrogen and oxygen atoms in total. The van der Waals surface area contributed by atoms with Gasteiger partial charge in [-0.05, 0) is 55.7 Å². The molecule has 0 aliphatic heterocycles. The van der Waals surface area contributed by atoms with E-state index in [1.165, 1.54) is 5.56 Å². The van der Waals surface area contributed by atoms with Crippen molar-refractivity contribution in [3.05, 3.63) is 82.1 Å². The van der Waals surface area contributed by atoms with Crippen LogP contribution in [-0.4, -0.2) is 23.3 Å². The fraction of sp³-hybridized carbons (Fsp3) is 0.250. The van der Waals surface area contributed by atoms with Gasteiger partial charge in [0, 0.05) is 22.6 Å². The summed E-state index contributed by atoms with van der Waals surface area (Å²) < 4.78 is 7.58. The summed E-state index contributed by atoms with van der Waals surface area (Å²) >= 11 is 6.01. The number of halogens is 1. The van der Waals surface area contributed by atoms with Gasteiger partial charge < -0.3 is 9.30 Å². The van der Waals surface area contributed by atoms with Crippen molar-refractivity contribution in [2.75, 3.05) is 6.61 Å². The van der Waals surface area contributed by atoms with Crippen molar-refractivity contribution in [1.29, 1.82) is 0 Å². The van der Waals surface area contributed by atoms with E-state index in [-0.39, 0.29) is 12.5 Å². The molecule has 0 bridgehead atoms. The Morgan fingerprint density at radius 2 is 1.87 bits per heavy atom. The van der Waals surface area contributed by atoms with E-state index in [0.717, 1.165) is 22.6 Å². The summed E-state index contributed by atoms with van der Waals surface area (Å²) in [6.45, 7) is 8.29. The van der Waals surface area contributed by atoms with E-state index in [4.69, 9.17) is 16.3 Å². The van der Waals surface area contributed by atoms with Crippen LogP contribution >= 0.6 is 11.6 Å². The first-order valence-corrected chi connectivity index (χ1v) is 10.2. The van der Waals surface area contributed by atoms with Crippen LogP contribution in [0.15, 0.2) is 59.7 Å².